The van der Waals surface area contributed by atoms with Gasteiger partial charge in [-0.15, -0.1) is 0 Å². The van der Waals surface area contributed by atoms with E-state index in [1.165, 1.54) is 0 Å². The van der Waals surface area contributed by atoms with E-state index in [1.807, 2.05) is 27.1 Å². The van der Waals surface area contributed by atoms with E-state index < -0.39 is 0 Å². The molecule has 19 heavy (non-hydrogen) atoms. The molecule has 1 amide bonds. The predicted molar refractivity (Wildman–Crippen MR) is 76.1 cm³/mol. The number of nitrogen functional groups attached to an aromatic ring is 1. The zero-order valence-electron chi connectivity index (χ0n) is 11.4. The summed E-state index contributed by atoms with van der Waals surface area (Å²) in [5, 5.41) is 7.19. The van der Waals surface area contributed by atoms with Crippen molar-refractivity contribution in [3.8, 4) is 0 Å². The fourth-order valence-electron chi connectivity index (χ4n) is 2.03. The number of aromatic nitrogens is 2. The molecule has 1 heterocycles. The summed E-state index contributed by atoms with van der Waals surface area (Å²) >= 11 is 0. The largest absolute Gasteiger partial charge is 0.399 e. The number of nitrogens with zero attached hydrogens (tertiary/aromatic N) is 2. The summed E-state index contributed by atoms with van der Waals surface area (Å²) in [6.45, 7) is 3.88. The monoisotopic (exact) mass is 258 g/mol. The summed E-state index contributed by atoms with van der Waals surface area (Å²) in [5.41, 5.74) is 9.46. The third-order valence-electron chi connectivity index (χ3n) is 2.98. The van der Waals surface area contributed by atoms with Gasteiger partial charge in [0.05, 0.1) is 11.4 Å². The topological polar surface area (TPSA) is 72.9 Å². The zero-order chi connectivity index (χ0) is 14.0. The minimum Gasteiger partial charge on any atom is -0.399 e. The lowest BCUT2D eigenvalue weighted by molar-refractivity contribution is 0.102. The first kappa shape index (κ1) is 13.1. The van der Waals surface area contributed by atoms with Crippen LogP contribution in [0.15, 0.2) is 24.4 Å². The van der Waals surface area contributed by atoms with Crippen molar-refractivity contribution in [2.24, 2.45) is 7.05 Å². The summed E-state index contributed by atoms with van der Waals surface area (Å²) in [5.74, 6) is -0.139. The fraction of sp³-hybridized carbons (Fsp3) is 0.286. The number of amides is 1. The Kier molecular flexibility index (Phi) is 3.55. The van der Waals surface area contributed by atoms with E-state index >= 15 is 0 Å². The van der Waals surface area contributed by atoms with Gasteiger partial charge in [0.15, 0.2) is 0 Å². The summed E-state index contributed by atoms with van der Waals surface area (Å²) < 4.78 is 1.70. The van der Waals surface area contributed by atoms with Gasteiger partial charge in [-0.05, 0) is 37.1 Å². The fourth-order valence-corrected chi connectivity index (χ4v) is 2.03. The van der Waals surface area contributed by atoms with Crippen LogP contribution in [0.2, 0.25) is 0 Å². The molecule has 0 saturated carbocycles. The van der Waals surface area contributed by atoms with E-state index in [2.05, 4.69) is 10.4 Å². The van der Waals surface area contributed by atoms with Crippen LogP contribution in [0.3, 0.4) is 0 Å². The number of nitrogens with one attached hydrogen (secondary N) is 1. The van der Waals surface area contributed by atoms with Gasteiger partial charge in [-0.25, -0.2) is 0 Å². The van der Waals surface area contributed by atoms with Crippen LogP contribution in [-0.4, -0.2) is 15.7 Å². The minimum absolute atomic E-state index is 0.139. The number of carbonyl (C=O) groups excluding carboxylic acids is 1. The van der Waals surface area contributed by atoms with E-state index in [1.54, 1.807) is 22.9 Å². The van der Waals surface area contributed by atoms with E-state index in [0.29, 0.717) is 11.3 Å². The maximum Gasteiger partial charge on any atom is 0.256 e. The first-order chi connectivity index (χ1) is 9.01. The highest BCUT2D eigenvalue weighted by Gasteiger charge is 2.13. The van der Waals surface area contributed by atoms with Gasteiger partial charge >= 0.3 is 0 Å². The van der Waals surface area contributed by atoms with Gasteiger partial charge in [-0.2, -0.15) is 5.10 Å². The van der Waals surface area contributed by atoms with Crippen LogP contribution in [0.4, 0.5) is 11.4 Å². The highest BCUT2D eigenvalue weighted by molar-refractivity contribution is 6.05. The molecular weight excluding hydrogens is 240 g/mol. The Morgan fingerprint density at radius 3 is 2.84 bits per heavy atom. The van der Waals surface area contributed by atoms with Crippen molar-refractivity contribution in [1.82, 2.24) is 9.78 Å². The Labute approximate surface area is 112 Å². The normalized spacial score (nSPS) is 10.5. The molecule has 0 aliphatic carbocycles. The van der Waals surface area contributed by atoms with Crippen LogP contribution < -0.4 is 11.1 Å². The lowest BCUT2D eigenvalue weighted by Crippen LogP contribution is -2.14. The molecule has 2 rings (SSSR count). The van der Waals surface area contributed by atoms with Crippen LogP contribution in [0, 0.1) is 6.92 Å². The minimum atomic E-state index is -0.139. The molecule has 1 aromatic carbocycles. The van der Waals surface area contributed by atoms with Crippen LogP contribution in [-0.2, 0) is 13.5 Å². The average molecular weight is 258 g/mol. The second-order valence-corrected chi connectivity index (χ2v) is 4.55. The average Bonchev–Trinajstić information content (AvgIpc) is 2.69. The second-order valence-electron chi connectivity index (χ2n) is 4.55. The SMILES string of the molecule is CCc1nn(C)cc1NC(=O)c1ccc(N)cc1C. The maximum absolute atomic E-state index is 12.2. The van der Waals surface area contributed by atoms with Gasteiger partial charge in [-0.3, -0.25) is 9.48 Å². The summed E-state index contributed by atoms with van der Waals surface area (Å²) in [6, 6.07) is 5.26. The molecule has 0 unspecified atom stereocenters. The lowest BCUT2D eigenvalue weighted by Gasteiger charge is -2.07. The molecule has 0 aliphatic rings. The Morgan fingerprint density at radius 2 is 2.21 bits per heavy atom. The number of hydrogen-bond acceptors (Lipinski definition) is 3. The van der Waals surface area contributed by atoms with Crippen molar-refractivity contribution in [3.05, 3.63) is 41.2 Å². The molecule has 100 valence electrons. The Hall–Kier alpha value is -2.30. The molecule has 0 fully saturated rings. The number of hydrogen-bond donors (Lipinski definition) is 2. The van der Waals surface area contributed by atoms with Gasteiger partial charge in [0.2, 0.25) is 0 Å². The molecule has 0 bridgehead atoms. The molecule has 5 heteroatoms. The van der Waals surface area contributed by atoms with Gasteiger partial charge in [-0.1, -0.05) is 6.92 Å². The van der Waals surface area contributed by atoms with Crippen LogP contribution in [0.1, 0.15) is 28.5 Å². The smallest absolute Gasteiger partial charge is 0.256 e. The lowest BCUT2D eigenvalue weighted by atomic mass is 10.1. The van der Waals surface area contributed by atoms with Crippen molar-refractivity contribution >= 4 is 17.3 Å². The molecule has 0 aliphatic heterocycles. The summed E-state index contributed by atoms with van der Waals surface area (Å²) in [6.07, 6.45) is 2.58. The second kappa shape index (κ2) is 5.14. The van der Waals surface area contributed by atoms with Crippen LogP contribution in [0.25, 0.3) is 0 Å². The number of nitrogens with two attached hydrogens (primary N) is 1. The molecule has 5 nitrogen and oxygen atoms in total. The Morgan fingerprint density at radius 1 is 1.47 bits per heavy atom. The van der Waals surface area contributed by atoms with Crippen molar-refractivity contribution in [3.63, 3.8) is 0 Å². The van der Waals surface area contributed by atoms with E-state index in [-0.39, 0.29) is 5.91 Å². The molecule has 0 spiro atoms. The van der Waals surface area contributed by atoms with Crippen LogP contribution in [0.5, 0.6) is 0 Å². The van der Waals surface area contributed by atoms with E-state index in [4.69, 9.17) is 5.73 Å². The molecule has 0 radical (unpaired) electrons. The van der Waals surface area contributed by atoms with Gasteiger partial charge < -0.3 is 11.1 Å². The maximum atomic E-state index is 12.2. The highest BCUT2D eigenvalue weighted by Crippen LogP contribution is 2.17. The zero-order valence-corrected chi connectivity index (χ0v) is 11.4. The molecule has 1 aromatic heterocycles. The Balaban J connectivity index is 2.25. The molecule has 0 atom stereocenters. The molecule has 0 saturated heterocycles. The summed E-state index contributed by atoms with van der Waals surface area (Å²) in [4.78, 5) is 12.2. The van der Waals surface area contributed by atoms with Crippen molar-refractivity contribution in [2.45, 2.75) is 20.3 Å². The third-order valence-corrected chi connectivity index (χ3v) is 2.98. The third kappa shape index (κ3) is 2.76. The van der Waals surface area contributed by atoms with E-state index in [9.17, 15) is 4.79 Å². The number of anilines is 2. The van der Waals surface area contributed by atoms with Crippen molar-refractivity contribution < 1.29 is 4.79 Å². The molecule has 2 aromatic rings. The Bertz CT molecular complexity index is 616. The molecular formula is C14H18N4O. The quantitative estimate of drug-likeness (QED) is 0.828. The van der Waals surface area contributed by atoms with Crippen LogP contribution >= 0.6 is 0 Å². The predicted octanol–water partition coefficient (Wildman–Crippen LogP) is 2.13. The summed E-state index contributed by atoms with van der Waals surface area (Å²) in [7, 11) is 1.84. The highest BCUT2D eigenvalue weighted by atomic mass is 16.1. The number of benzene rings is 1. The van der Waals surface area contributed by atoms with E-state index in [0.717, 1.165) is 23.4 Å². The van der Waals surface area contributed by atoms with Gasteiger partial charge in [0.1, 0.15) is 0 Å². The van der Waals surface area contributed by atoms with Gasteiger partial charge in [0, 0.05) is 24.5 Å². The standard InChI is InChI=1S/C14H18N4O/c1-4-12-13(8-18(3)17-12)16-14(19)11-6-5-10(15)7-9(11)2/h5-8H,4,15H2,1-3H3,(H,16,19). The first-order valence-electron chi connectivity index (χ1n) is 6.21. The number of rotatable bonds is 3. The van der Waals surface area contributed by atoms with Crippen molar-refractivity contribution in [2.75, 3.05) is 11.1 Å². The van der Waals surface area contributed by atoms with Gasteiger partial charge in [0.25, 0.3) is 5.91 Å². The number of aryl methyl sites for hydroxylation is 3. The first-order valence-corrected chi connectivity index (χ1v) is 6.21. The van der Waals surface area contributed by atoms with Crippen molar-refractivity contribution in [1.29, 1.82) is 0 Å². The number of carbonyl (C=O) groups is 1. The molecule has 3 N–H and O–H groups in total.